The summed E-state index contributed by atoms with van der Waals surface area (Å²) in [4.78, 5) is 4.35. The van der Waals surface area contributed by atoms with Gasteiger partial charge in [0.1, 0.15) is 12.0 Å². The minimum atomic E-state index is 0.422. The summed E-state index contributed by atoms with van der Waals surface area (Å²) >= 11 is 5.99. The highest BCUT2D eigenvalue weighted by molar-refractivity contribution is 6.31. The smallest absolute Gasteiger partial charge is 0.194 e. The van der Waals surface area contributed by atoms with Crippen LogP contribution in [0.3, 0.4) is 0 Å². The predicted molar refractivity (Wildman–Crippen MR) is 64.2 cm³/mol. The second-order valence-corrected chi connectivity index (χ2v) is 3.90. The molecule has 2 aromatic rings. The Balaban J connectivity index is 2.40. The van der Waals surface area contributed by atoms with Crippen LogP contribution in [0.1, 0.15) is 18.4 Å². The molecule has 3 nitrogen and oxygen atoms in total. The number of hydrogen-bond acceptors (Lipinski definition) is 3. The molecule has 0 bridgehead atoms. The second kappa shape index (κ2) is 4.68. The third kappa shape index (κ3) is 2.10. The van der Waals surface area contributed by atoms with Crippen LogP contribution in [-0.4, -0.2) is 4.98 Å². The Labute approximate surface area is 99.2 Å². The molecule has 1 heterocycles. The maximum absolute atomic E-state index is 5.99. The first-order valence-electron chi connectivity index (χ1n) is 5.18. The zero-order valence-corrected chi connectivity index (χ0v) is 9.79. The molecule has 0 aliphatic heterocycles. The number of benzene rings is 1. The molecule has 4 heteroatoms. The van der Waals surface area contributed by atoms with Crippen molar-refractivity contribution in [3.8, 4) is 11.3 Å². The third-order valence-corrected chi connectivity index (χ3v) is 2.78. The molecule has 2 N–H and O–H groups in total. The summed E-state index contributed by atoms with van der Waals surface area (Å²) in [6.45, 7) is 2.42. The van der Waals surface area contributed by atoms with Gasteiger partial charge in [0.15, 0.2) is 5.89 Å². The zero-order valence-electron chi connectivity index (χ0n) is 9.03. The van der Waals surface area contributed by atoms with Gasteiger partial charge in [-0.25, -0.2) is 4.98 Å². The summed E-state index contributed by atoms with van der Waals surface area (Å²) in [7, 11) is 0. The molecule has 0 atom stereocenters. The van der Waals surface area contributed by atoms with Crippen LogP contribution in [0.15, 0.2) is 28.9 Å². The van der Waals surface area contributed by atoms with Crippen molar-refractivity contribution in [1.29, 1.82) is 0 Å². The minimum absolute atomic E-state index is 0.422. The lowest BCUT2D eigenvalue weighted by Crippen LogP contribution is -1.97. The van der Waals surface area contributed by atoms with E-state index in [0.29, 0.717) is 11.6 Å². The van der Waals surface area contributed by atoms with Crippen molar-refractivity contribution < 1.29 is 4.42 Å². The Morgan fingerprint density at radius 2 is 2.25 bits per heavy atom. The number of halogens is 1. The van der Waals surface area contributed by atoms with Crippen LogP contribution in [0.2, 0.25) is 5.02 Å². The van der Waals surface area contributed by atoms with E-state index in [-0.39, 0.29) is 0 Å². The van der Waals surface area contributed by atoms with Gasteiger partial charge in [0.25, 0.3) is 0 Å². The van der Waals surface area contributed by atoms with Crippen molar-refractivity contribution in [3.05, 3.63) is 40.9 Å². The summed E-state index contributed by atoms with van der Waals surface area (Å²) in [5, 5.41) is 0.686. The monoisotopic (exact) mass is 236 g/mol. The highest BCUT2D eigenvalue weighted by Crippen LogP contribution is 2.24. The number of oxazole rings is 1. The van der Waals surface area contributed by atoms with Crippen molar-refractivity contribution >= 4 is 11.6 Å². The van der Waals surface area contributed by atoms with E-state index < -0.39 is 0 Å². The molecule has 1 aromatic heterocycles. The number of nitrogens with two attached hydrogens (primary N) is 1. The van der Waals surface area contributed by atoms with E-state index >= 15 is 0 Å². The Morgan fingerprint density at radius 1 is 1.44 bits per heavy atom. The zero-order chi connectivity index (χ0) is 11.5. The van der Waals surface area contributed by atoms with Crippen LogP contribution < -0.4 is 5.73 Å². The third-order valence-electron chi connectivity index (χ3n) is 2.42. The topological polar surface area (TPSA) is 52.0 Å². The second-order valence-electron chi connectivity index (χ2n) is 3.49. The summed E-state index contributed by atoms with van der Waals surface area (Å²) in [5.41, 5.74) is 8.32. The van der Waals surface area contributed by atoms with Crippen LogP contribution >= 0.6 is 11.6 Å². The first kappa shape index (κ1) is 11.2. The van der Waals surface area contributed by atoms with Crippen LogP contribution in [0.25, 0.3) is 11.3 Å². The molecule has 0 aliphatic carbocycles. The molecule has 0 saturated heterocycles. The molecule has 0 spiro atoms. The van der Waals surface area contributed by atoms with E-state index in [1.54, 1.807) is 6.26 Å². The maximum atomic E-state index is 5.99. The van der Waals surface area contributed by atoms with E-state index in [9.17, 15) is 0 Å². The highest BCUT2D eigenvalue weighted by Gasteiger charge is 2.07. The van der Waals surface area contributed by atoms with Gasteiger partial charge < -0.3 is 10.2 Å². The first-order chi connectivity index (χ1) is 7.74. The van der Waals surface area contributed by atoms with Gasteiger partial charge in [0, 0.05) is 23.6 Å². The van der Waals surface area contributed by atoms with E-state index in [1.165, 1.54) is 0 Å². The van der Waals surface area contributed by atoms with Crippen molar-refractivity contribution in [2.75, 3.05) is 0 Å². The summed E-state index contributed by atoms with van der Waals surface area (Å²) < 4.78 is 5.30. The van der Waals surface area contributed by atoms with Crippen molar-refractivity contribution in [3.63, 3.8) is 0 Å². The lowest BCUT2D eigenvalue weighted by molar-refractivity contribution is 0.502. The van der Waals surface area contributed by atoms with Gasteiger partial charge in [-0.05, 0) is 17.7 Å². The lowest BCUT2D eigenvalue weighted by Gasteiger charge is -2.02. The fourth-order valence-corrected chi connectivity index (χ4v) is 1.69. The quantitative estimate of drug-likeness (QED) is 0.891. The van der Waals surface area contributed by atoms with Gasteiger partial charge in [-0.1, -0.05) is 24.6 Å². The molecule has 0 fully saturated rings. The van der Waals surface area contributed by atoms with E-state index in [2.05, 4.69) is 4.98 Å². The maximum Gasteiger partial charge on any atom is 0.194 e. The van der Waals surface area contributed by atoms with Gasteiger partial charge in [0.2, 0.25) is 0 Å². The average Bonchev–Trinajstić information content (AvgIpc) is 2.78. The average molecular weight is 237 g/mol. The van der Waals surface area contributed by atoms with E-state index in [0.717, 1.165) is 29.1 Å². The first-order valence-corrected chi connectivity index (χ1v) is 5.55. The van der Waals surface area contributed by atoms with Gasteiger partial charge >= 0.3 is 0 Å². The Kier molecular flexibility index (Phi) is 3.27. The largest absolute Gasteiger partial charge is 0.448 e. The number of rotatable bonds is 3. The predicted octanol–water partition coefficient (Wildman–Crippen LogP) is 3.02. The van der Waals surface area contributed by atoms with Crippen LogP contribution in [-0.2, 0) is 13.0 Å². The van der Waals surface area contributed by atoms with Gasteiger partial charge in [0.05, 0.1) is 0 Å². The number of hydrogen-bond donors (Lipinski definition) is 1. The van der Waals surface area contributed by atoms with Gasteiger partial charge in [-0.3, -0.25) is 0 Å². The Morgan fingerprint density at radius 3 is 2.88 bits per heavy atom. The molecule has 0 aliphatic rings. The molecule has 84 valence electrons. The highest BCUT2D eigenvalue weighted by atomic mass is 35.5. The van der Waals surface area contributed by atoms with Crippen LogP contribution in [0, 0.1) is 0 Å². The van der Waals surface area contributed by atoms with E-state index in [4.69, 9.17) is 21.8 Å². The van der Waals surface area contributed by atoms with Crippen LogP contribution in [0.5, 0.6) is 0 Å². The summed E-state index contributed by atoms with van der Waals surface area (Å²) in [5.74, 6) is 0.735. The Bertz CT molecular complexity index is 494. The Hall–Kier alpha value is -1.32. The van der Waals surface area contributed by atoms with Crippen molar-refractivity contribution in [2.45, 2.75) is 19.9 Å². The van der Waals surface area contributed by atoms with Crippen LogP contribution in [0.4, 0.5) is 0 Å². The standard InChI is InChI=1S/C12H13ClN2O/c1-2-12-15-11(7-16-12)8-3-4-10(13)9(5-8)6-14/h3-5,7H,2,6,14H2,1H3. The minimum Gasteiger partial charge on any atom is -0.448 e. The van der Waals surface area contributed by atoms with Crippen molar-refractivity contribution in [1.82, 2.24) is 4.98 Å². The summed E-state index contributed by atoms with van der Waals surface area (Å²) in [6, 6.07) is 5.69. The molecule has 0 radical (unpaired) electrons. The van der Waals surface area contributed by atoms with E-state index in [1.807, 2.05) is 25.1 Å². The SMILES string of the molecule is CCc1nc(-c2ccc(Cl)c(CN)c2)co1. The number of aryl methyl sites for hydroxylation is 1. The fourth-order valence-electron chi connectivity index (χ4n) is 1.50. The number of aromatic nitrogens is 1. The molecule has 0 amide bonds. The van der Waals surface area contributed by atoms with Gasteiger partial charge in [-0.15, -0.1) is 0 Å². The lowest BCUT2D eigenvalue weighted by atomic mass is 10.1. The summed E-state index contributed by atoms with van der Waals surface area (Å²) in [6.07, 6.45) is 2.44. The molecular formula is C12H13ClN2O. The van der Waals surface area contributed by atoms with Gasteiger partial charge in [-0.2, -0.15) is 0 Å². The molecule has 16 heavy (non-hydrogen) atoms. The molecule has 2 rings (SSSR count). The molecular weight excluding hydrogens is 224 g/mol. The molecule has 0 saturated carbocycles. The van der Waals surface area contributed by atoms with Crippen molar-refractivity contribution in [2.24, 2.45) is 5.73 Å². The fraction of sp³-hybridized carbons (Fsp3) is 0.250. The molecule has 1 aromatic carbocycles. The number of nitrogens with zero attached hydrogens (tertiary/aromatic N) is 1. The normalized spacial score (nSPS) is 10.7. The molecule has 0 unspecified atom stereocenters.